The molecule has 0 bridgehead atoms. The number of carbonyl (C=O) groups excluding carboxylic acids is 2. The first-order chi connectivity index (χ1) is 23.3. The Hall–Kier alpha value is -5.61. The van der Waals surface area contributed by atoms with Crippen LogP contribution in [-0.4, -0.2) is 79.3 Å². The van der Waals surface area contributed by atoms with E-state index in [-0.39, 0.29) is 17.2 Å². The molecule has 48 heavy (non-hydrogen) atoms. The molecule has 1 fully saturated rings. The lowest BCUT2D eigenvalue weighted by molar-refractivity contribution is 0.0761. The van der Waals surface area contributed by atoms with Gasteiger partial charge in [0, 0.05) is 50.0 Å². The minimum Gasteiger partial charge on any atom is -0.507 e. The highest BCUT2D eigenvalue weighted by molar-refractivity contribution is 5.96. The summed E-state index contributed by atoms with van der Waals surface area (Å²) in [7, 11) is 0. The van der Waals surface area contributed by atoms with Gasteiger partial charge in [-0.15, -0.1) is 0 Å². The molecule has 1 aliphatic carbocycles. The van der Waals surface area contributed by atoms with Crippen molar-refractivity contribution in [1.29, 1.82) is 0 Å². The first kappa shape index (κ1) is 31.0. The predicted molar refractivity (Wildman–Crippen MR) is 187 cm³/mol. The van der Waals surface area contributed by atoms with Gasteiger partial charge in [-0.3, -0.25) is 19.1 Å². The zero-order valence-corrected chi connectivity index (χ0v) is 26.8. The average molecular weight is 640 g/mol. The summed E-state index contributed by atoms with van der Waals surface area (Å²) in [6.07, 6.45) is 10.5. The van der Waals surface area contributed by atoms with Gasteiger partial charge in [-0.2, -0.15) is 0 Å². The Kier molecular flexibility index (Phi) is 8.33. The van der Waals surface area contributed by atoms with Crippen LogP contribution in [0.5, 0.6) is 5.75 Å². The summed E-state index contributed by atoms with van der Waals surface area (Å²) in [5.74, 6) is 0.824. The van der Waals surface area contributed by atoms with Crippen molar-refractivity contribution in [1.82, 2.24) is 29.3 Å². The number of phenols is 1. The quantitative estimate of drug-likeness (QED) is 0.217. The second kappa shape index (κ2) is 12.9. The molecule has 0 saturated carbocycles. The van der Waals surface area contributed by atoms with E-state index in [0.29, 0.717) is 30.8 Å². The highest BCUT2D eigenvalue weighted by Crippen LogP contribution is 2.38. The Morgan fingerprint density at radius 2 is 1.85 bits per heavy atom. The maximum Gasteiger partial charge on any atom is 0.254 e. The summed E-state index contributed by atoms with van der Waals surface area (Å²) in [5.41, 5.74) is 11.9. The number of rotatable bonds is 7. The molecule has 1 atom stereocenters. The van der Waals surface area contributed by atoms with E-state index < -0.39 is 5.54 Å². The van der Waals surface area contributed by atoms with Crippen molar-refractivity contribution < 1.29 is 14.7 Å². The summed E-state index contributed by atoms with van der Waals surface area (Å²) < 4.78 is 2.20. The number of aldehydes is 1. The summed E-state index contributed by atoms with van der Waals surface area (Å²) in [5, 5.41) is 10.1. The molecule has 2 aromatic carbocycles. The van der Waals surface area contributed by atoms with Crippen molar-refractivity contribution >= 4 is 29.2 Å². The fourth-order valence-electron chi connectivity index (χ4n) is 6.59. The van der Waals surface area contributed by atoms with Gasteiger partial charge in [0.05, 0.1) is 22.4 Å². The van der Waals surface area contributed by atoms with E-state index >= 15 is 0 Å². The average Bonchev–Trinajstić information content (AvgIpc) is 3.34. The van der Waals surface area contributed by atoms with Crippen molar-refractivity contribution in [2.75, 3.05) is 38.5 Å². The van der Waals surface area contributed by atoms with Gasteiger partial charge in [0.25, 0.3) is 5.91 Å². The number of benzene rings is 2. The number of aromatic hydroxyl groups is 1. The number of amides is 1. The van der Waals surface area contributed by atoms with Crippen LogP contribution in [0.3, 0.4) is 0 Å². The van der Waals surface area contributed by atoms with Gasteiger partial charge in [-0.1, -0.05) is 48.6 Å². The van der Waals surface area contributed by atoms with Crippen LogP contribution in [0.2, 0.25) is 0 Å². The molecule has 0 radical (unpaired) electrons. The molecule has 7 rings (SSSR count). The third kappa shape index (κ3) is 5.98. The highest BCUT2D eigenvalue weighted by Gasteiger charge is 2.32. The monoisotopic (exact) mass is 639 g/mol. The number of fused-ring (bicyclic) bond motifs is 1. The molecular weight excluding hydrogens is 602 g/mol. The zero-order valence-electron chi connectivity index (χ0n) is 26.8. The van der Waals surface area contributed by atoms with E-state index in [1.807, 2.05) is 47.4 Å². The number of carbonyl (C=O) groups is 2. The van der Waals surface area contributed by atoms with E-state index in [1.165, 1.54) is 17.7 Å². The van der Waals surface area contributed by atoms with Crippen molar-refractivity contribution in [3.8, 4) is 28.4 Å². The Morgan fingerprint density at radius 1 is 1.00 bits per heavy atom. The van der Waals surface area contributed by atoms with Crippen molar-refractivity contribution in [3.05, 3.63) is 114 Å². The number of hydrogen-bond acceptors (Lipinski definition) is 8. The number of anilines is 1. The third-order valence-electron chi connectivity index (χ3n) is 9.28. The summed E-state index contributed by atoms with van der Waals surface area (Å²) in [6.45, 7) is 5.77. The molecule has 2 aliphatic rings. The second-order valence-electron chi connectivity index (χ2n) is 12.6. The minimum atomic E-state index is -0.467. The van der Waals surface area contributed by atoms with Crippen molar-refractivity contribution in [2.45, 2.75) is 25.3 Å². The lowest BCUT2D eigenvalue weighted by atomic mass is 9.89. The van der Waals surface area contributed by atoms with Gasteiger partial charge < -0.3 is 15.7 Å². The molecule has 1 unspecified atom stereocenters. The lowest BCUT2D eigenvalue weighted by Gasteiger charge is -2.33. The molecule has 3 N–H and O–H groups in total. The predicted octanol–water partition coefficient (Wildman–Crippen LogP) is 5.71. The molecule has 3 aromatic heterocycles. The highest BCUT2D eigenvalue weighted by atomic mass is 16.3. The van der Waals surface area contributed by atoms with Gasteiger partial charge in [-0.05, 0) is 67.8 Å². The fraction of sp³-hybridized carbons (Fsp3) is 0.237. The molecule has 1 saturated heterocycles. The largest absolute Gasteiger partial charge is 0.507 e. The standard InChI is InChI=1S/C38H37N7O3/c1-38(45-35(30-9-5-18-40-34(30)39)42-32-13-12-31(41-36(32)45)27-7-3-2-4-8-27)16-14-26(15-17-38)24-43-19-6-20-44(22-21-43)37(48)28-10-11-29(25-46)33(47)23-28/h2-5,7-16,18,23,25,47H,6,17,19-22,24H2,1H3,(H2,39,40). The molecule has 0 spiro atoms. The van der Waals surface area contributed by atoms with Crippen molar-refractivity contribution in [3.63, 3.8) is 0 Å². The lowest BCUT2D eigenvalue weighted by Crippen LogP contribution is -2.36. The maximum atomic E-state index is 13.2. The van der Waals surface area contributed by atoms with E-state index in [2.05, 4.69) is 51.7 Å². The molecular formula is C38H37N7O3. The number of hydrogen-bond donors (Lipinski definition) is 2. The number of allylic oxidation sites excluding steroid dienone is 2. The minimum absolute atomic E-state index is 0.140. The normalized spacial score (nSPS) is 18.4. The summed E-state index contributed by atoms with van der Waals surface area (Å²) in [4.78, 5) is 43.0. The molecule has 242 valence electrons. The van der Waals surface area contributed by atoms with Crippen LogP contribution >= 0.6 is 0 Å². The first-order valence-corrected chi connectivity index (χ1v) is 16.2. The summed E-state index contributed by atoms with van der Waals surface area (Å²) >= 11 is 0. The van der Waals surface area contributed by atoms with Crippen molar-refractivity contribution in [2.24, 2.45) is 0 Å². The molecule has 4 heterocycles. The van der Waals surface area contributed by atoms with E-state index in [0.717, 1.165) is 66.3 Å². The molecule has 10 heteroatoms. The van der Waals surface area contributed by atoms with Gasteiger partial charge in [-0.25, -0.2) is 15.0 Å². The second-order valence-corrected chi connectivity index (χ2v) is 12.6. The third-order valence-corrected chi connectivity index (χ3v) is 9.28. The molecule has 10 nitrogen and oxygen atoms in total. The molecule has 1 aliphatic heterocycles. The van der Waals surface area contributed by atoms with E-state index in [1.54, 1.807) is 12.3 Å². The van der Waals surface area contributed by atoms with Gasteiger partial charge in [0.1, 0.15) is 22.9 Å². The number of phenolic OH excluding ortho intramolecular Hbond substituents is 1. The van der Waals surface area contributed by atoms with Crippen LogP contribution in [0.25, 0.3) is 33.8 Å². The van der Waals surface area contributed by atoms with E-state index in [4.69, 9.17) is 15.7 Å². The van der Waals surface area contributed by atoms with Crippen LogP contribution in [0.15, 0.2) is 103 Å². The smallest absolute Gasteiger partial charge is 0.254 e. The Morgan fingerprint density at radius 3 is 2.60 bits per heavy atom. The van der Waals surface area contributed by atoms with Gasteiger partial charge in [0.15, 0.2) is 11.9 Å². The van der Waals surface area contributed by atoms with Crippen LogP contribution in [0.1, 0.15) is 40.5 Å². The van der Waals surface area contributed by atoms with Crippen LogP contribution in [0, 0.1) is 0 Å². The number of imidazole rings is 1. The van der Waals surface area contributed by atoms with Crippen LogP contribution < -0.4 is 5.73 Å². The molecule has 1 amide bonds. The van der Waals surface area contributed by atoms with Gasteiger partial charge in [0.2, 0.25) is 0 Å². The number of nitrogens with two attached hydrogens (primary N) is 1. The number of nitrogens with zero attached hydrogens (tertiary/aromatic N) is 6. The zero-order chi connectivity index (χ0) is 33.3. The van der Waals surface area contributed by atoms with Gasteiger partial charge >= 0.3 is 0 Å². The Bertz CT molecular complexity index is 2070. The number of aromatic nitrogens is 4. The fourth-order valence-corrected chi connectivity index (χ4v) is 6.59. The summed E-state index contributed by atoms with van der Waals surface area (Å²) in [6, 6.07) is 22.4. The van der Waals surface area contributed by atoms with Crippen LogP contribution in [-0.2, 0) is 5.54 Å². The Labute approximate surface area is 278 Å². The van der Waals surface area contributed by atoms with Crippen LogP contribution in [0.4, 0.5) is 5.82 Å². The SMILES string of the molecule is CC1(n2c(-c3cccnc3N)nc3ccc(-c4ccccc4)nc32)C=CC(CN2CCCN(C(=O)c3ccc(C=O)c(O)c3)CC2)=CC1. The number of pyridine rings is 2. The number of nitrogen functional groups attached to an aromatic ring is 1. The first-order valence-electron chi connectivity index (χ1n) is 16.2. The van der Waals surface area contributed by atoms with E-state index in [9.17, 15) is 14.7 Å². The molecule has 5 aromatic rings. The Balaban J connectivity index is 1.12. The topological polar surface area (TPSA) is 130 Å². The maximum absolute atomic E-state index is 13.2.